The normalized spacial score (nSPS) is 19.2. The molecule has 0 atom stereocenters. The van der Waals surface area contributed by atoms with Crippen molar-refractivity contribution in [3.05, 3.63) is 17.5 Å². The molecular weight excluding hydrogens is 166 g/mol. The molecule has 1 saturated heterocycles. The van der Waals surface area contributed by atoms with Crippen LogP contribution in [0.3, 0.4) is 0 Å². The van der Waals surface area contributed by atoms with E-state index in [1.165, 1.54) is 5.56 Å². The summed E-state index contributed by atoms with van der Waals surface area (Å²) in [5, 5.41) is 6.96. The van der Waals surface area contributed by atoms with Crippen molar-refractivity contribution < 1.29 is 4.74 Å². The van der Waals surface area contributed by atoms with Crippen molar-refractivity contribution >= 4 is 0 Å². The number of hydrogen-bond donors (Lipinski definition) is 2. The van der Waals surface area contributed by atoms with Gasteiger partial charge in [0.2, 0.25) is 0 Å². The third kappa shape index (κ3) is 1.73. The fraction of sp³-hybridized carbons (Fsp3) is 0.667. The first-order chi connectivity index (χ1) is 6.42. The van der Waals surface area contributed by atoms with E-state index in [1.54, 1.807) is 0 Å². The van der Waals surface area contributed by atoms with Crippen LogP contribution in [0.4, 0.5) is 0 Å². The molecule has 1 fully saturated rings. The monoisotopic (exact) mass is 181 g/mol. The van der Waals surface area contributed by atoms with Crippen molar-refractivity contribution in [3.8, 4) is 0 Å². The largest absolute Gasteiger partial charge is 0.381 e. The lowest BCUT2D eigenvalue weighted by molar-refractivity contribution is 0.0852. The Morgan fingerprint density at radius 2 is 2.31 bits per heavy atom. The van der Waals surface area contributed by atoms with Crippen molar-refractivity contribution in [2.75, 3.05) is 13.2 Å². The second-order valence-electron chi connectivity index (χ2n) is 3.39. The van der Waals surface area contributed by atoms with Crippen LogP contribution in [0, 0.1) is 0 Å². The number of hydrogen-bond acceptors (Lipinski definition) is 3. The van der Waals surface area contributed by atoms with Gasteiger partial charge in [0.1, 0.15) is 0 Å². The third-order valence-corrected chi connectivity index (χ3v) is 2.62. The van der Waals surface area contributed by atoms with Crippen molar-refractivity contribution in [3.63, 3.8) is 0 Å². The second kappa shape index (κ2) is 3.89. The molecule has 0 aromatic carbocycles. The van der Waals surface area contributed by atoms with Gasteiger partial charge < -0.3 is 10.5 Å². The highest BCUT2D eigenvalue weighted by Gasteiger charge is 2.19. The summed E-state index contributed by atoms with van der Waals surface area (Å²) in [4.78, 5) is 0. The maximum Gasteiger partial charge on any atom is 0.0525 e. The molecule has 1 aromatic rings. The van der Waals surface area contributed by atoms with Crippen LogP contribution in [0.2, 0.25) is 0 Å². The highest BCUT2D eigenvalue weighted by atomic mass is 16.5. The molecule has 0 saturated carbocycles. The summed E-state index contributed by atoms with van der Waals surface area (Å²) < 4.78 is 5.31. The summed E-state index contributed by atoms with van der Waals surface area (Å²) in [6.07, 6.45) is 4.08. The summed E-state index contributed by atoms with van der Waals surface area (Å²) in [6, 6.07) is 0. The van der Waals surface area contributed by atoms with Gasteiger partial charge in [0.25, 0.3) is 0 Å². The van der Waals surface area contributed by atoms with E-state index in [0.29, 0.717) is 12.5 Å². The smallest absolute Gasteiger partial charge is 0.0525 e. The van der Waals surface area contributed by atoms with Crippen LogP contribution in [-0.4, -0.2) is 23.4 Å². The molecule has 0 spiro atoms. The van der Waals surface area contributed by atoms with Gasteiger partial charge in [0, 0.05) is 19.8 Å². The Morgan fingerprint density at radius 3 is 3.00 bits per heavy atom. The first-order valence-corrected chi connectivity index (χ1v) is 4.71. The Bertz CT molecular complexity index is 266. The van der Waals surface area contributed by atoms with E-state index in [4.69, 9.17) is 10.5 Å². The lowest BCUT2D eigenvalue weighted by Crippen LogP contribution is -2.15. The number of nitrogens with one attached hydrogen (secondary N) is 1. The van der Waals surface area contributed by atoms with E-state index in [-0.39, 0.29) is 0 Å². The minimum Gasteiger partial charge on any atom is -0.381 e. The number of aromatic nitrogens is 2. The van der Waals surface area contributed by atoms with Gasteiger partial charge in [-0.3, -0.25) is 5.10 Å². The summed E-state index contributed by atoms with van der Waals surface area (Å²) in [5.74, 6) is 0.589. The van der Waals surface area contributed by atoms with Gasteiger partial charge in [-0.1, -0.05) is 0 Å². The maximum atomic E-state index is 5.60. The van der Waals surface area contributed by atoms with Gasteiger partial charge >= 0.3 is 0 Å². The topological polar surface area (TPSA) is 63.9 Å². The van der Waals surface area contributed by atoms with E-state index >= 15 is 0 Å². The van der Waals surface area contributed by atoms with Crippen molar-refractivity contribution in [1.29, 1.82) is 0 Å². The third-order valence-electron chi connectivity index (χ3n) is 2.62. The number of rotatable bonds is 2. The van der Waals surface area contributed by atoms with E-state index in [2.05, 4.69) is 10.2 Å². The van der Waals surface area contributed by atoms with Gasteiger partial charge in [-0.15, -0.1) is 0 Å². The maximum absolute atomic E-state index is 5.60. The molecule has 2 heterocycles. The van der Waals surface area contributed by atoms with Gasteiger partial charge in [-0.05, 0) is 24.3 Å². The predicted molar refractivity (Wildman–Crippen MR) is 49.3 cm³/mol. The summed E-state index contributed by atoms with van der Waals surface area (Å²) in [5.41, 5.74) is 7.96. The quantitative estimate of drug-likeness (QED) is 0.708. The highest BCUT2D eigenvalue weighted by Crippen LogP contribution is 2.27. The van der Waals surface area contributed by atoms with E-state index in [0.717, 1.165) is 31.7 Å². The standard InChI is InChI=1S/C9H15N3O/c10-5-9-8(6-11-12-9)7-1-3-13-4-2-7/h6-7H,1-5,10H2,(H,11,12). The van der Waals surface area contributed by atoms with Crippen molar-refractivity contribution in [2.45, 2.75) is 25.3 Å². The molecule has 0 aliphatic carbocycles. The molecule has 0 radical (unpaired) electrons. The van der Waals surface area contributed by atoms with E-state index in [1.807, 2.05) is 6.20 Å². The summed E-state index contributed by atoms with van der Waals surface area (Å²) in [6.45, 7) is 2.27. The molecule has 0 amide bonds. The molecule has 3 N–H and O–H groups in total. The van der Waals surface area contributed by atoms with Crippen LogP contribution in [0.15, 0.2) is 6.20 Å². The van der Waals surface area contributed by atoms with Crippen LogP contribution in [0.25, 0.3) is 0 Å². The van der Waals surface area contributed by atoms with Crippen molar-refractivity contribution in [1.82, 2.24) is 10.2 Å². The van der Waals surface area contributed by atoms with E-state index < -0.39 is 0 Å². The molecule has 4 heteroatoms. The molecule has 4 nitrogen and oxygen atoms in total. The van der Waals surface area contributed by atoms with Gasteiger partial charge in [-0.25, -0.2) is 0 Å². The minimum absolute atomic E-state index is 0.548. The zero-order valence-electron chi connectivity index (χ0n) is 7.62. The molecule has 72 valence electrons. The Kier molecular flexibility index (Phi) is 2.61. The zero-order chi connectivity index (χ0) is 9.10. The molecule has 1 aliphatic heterocycles. The van der Waals surface area contributed by atoms with E-state index in [9.17, 15) is 0 Å². The number of H-pyrrole nitrogens is 1. The number of aromatic amines is 1. The Morgan fingerprint density at radius 1 is 1.54 bits per heavy atom. The molecule has 1 aliphatic rings. The lowest BCUT2D eigenvalue weighted by atomic mass is 9.92. The second-order valence-corrected chi connectivity index (χ2v) is 3.39. The molecule has 2 rings (SSSR count). The number of ether oxygens (including phenoxy) is 1. The molecule has 0 unspecified atom stereocenters. The van der Waals surface area contributed by atoms with Crippen LogP contribution in [0.5, 0.6) is 0 Å². The van der Waals surface area contributed by atoms with Crippen LogP contribution in [-0.2, 0) is 11.3 Å². The summed E-state index contributed by atoms with van der Waals surface area (Å²) >= 11 is 0. The van der Waals surface area contributed by atoms with Gasteiger partial charge in [0.15, 0.2) is 0 Å². The highest BCUT2D eigenvalue weighted by molar-refractivity contribution is 5.21. The molecular formula is C9H15N3O. The Hall–Kier alpha value is -0.870. The number of nitrogens with zero attached hydrogens (tertiary/aromatic N) is 1. The fourth-order valence-corrected chi connectivity index (χ4v) is 1.85. The molecule has 1 aromatic heterocycles. The fourth-order valence-electron chi connectivity index (χ4n) is 1.85. The average molecular weight is 181 g/mol. The SMILES string of the molecule is NCc1[nH]ncc1C1CCOCC1. The van der Waals surface area contributed by atoms with Gasteiger partial charge in [-0.2, -0.15) is 5.10 Å². The van der Waals surface area contributed by atoms with Crippen molar-refractivity contribution in [2.24, 2.45) is 5.73 Å². The predicted octanol–water partition coefficient (Wildman–Crippen LogP) is 0.762. The van der Waals surface area contributed by atoms with Crippen LogP contribution < -0.4 is 5.73 Å². The Balaban J connectivity index is 2.13. The van der Waals surface area contributed by atoms with Crippen LogP contribution in [0.1, 0.15) is 30.0 Å². The molecule has 13 heavy (non-hydrogen) atoms. The number of nitrogens with two attached hydrogens (primary N) is 1. The summed E-state index contributed by atoms with van der Waals surface area (Å²) in [7, 11) is 0. The zero-order valence-corrected chi connectivity index (χ0v) is 7.62. The lowest BCUT2D eigenvalue weighted by Gasteiger charge is -2.21. The minimum atomic E-state index is 0.548. The first kappa shape index (κ1) is 8.72. The van der Waals surface area contributed by atoms with Crippen LogP contribution >= 0.6 is 0 Å². The Labute approximate surface area is 77.5 Å². The van der Waals surface area contributed by atoms with Gasteiger partial charge in [0.05, 0.1) is 11.9 Å². The average Bonchev–Trinajstić information content (AvgIpc) is 2.67. The first-order valence-electron chi connectivity index (χ1n) is 4.71. The molecule has 0 bridgehead atoms.